The highest BCUT2D eigenvalue weighted by Gasteiger charge is 2.42. The summed E-state index contributed by atoms with van der Waals surface area (Å²) in [6, 6.07) is 0.0724. The van der Waals surface area contributed by atoms with Gasteiger partial charge in [-0.2, -0.15) is 12.6 Å². The Labute approximate surface area is 85.2 Å². The van der Waals surface area contributed by atoms with Crippen LogP contribution in [0.5, 0.6) is 0 Å². The minimum Gasteiger partial charge on any atom is -0.350 e. The van der Waals surface area contributed by atoms with Crippen LogP contribution in [0.25, 0.3) is 0 Å². The highest BCUT2D eigenvalue weighted by Crippen LogP contribution is 2.49. The van der Waals surface area contributed by atoms with Gasteiger partial charge in [0.25, 0.3) is 0 Å². The van der Waals surface area contributed by atoms with Gasteiger partial charge in [-0.15, -0.1) is 6.58 Å². The summed E-state index contributed by atoms with van der Waals surface area (Å²) in [7, 11) is 0. The second-order valence-corrected chi connectivity index (χ2v) is 4.24. The summed E-state index contributed by atoms with van der Waals surface area (Å²) in [4.78, 5) is 11.4. The van der Waals surface area contributed by atoms with Crippen LogP contribution in [-0.4, -0.2) is 17.7 Å². The Kier molecular flexibility index (Phi) is 3.42. The fourth-order valence-electron chi connectivity index (χ4n) is 1.27. The summed E-state index contributed by atoms with van der Waals surface area (Å²) in [5.41, 5.74) is 0.216. The fraction of sp³-hybridized carbons (Fsp3) is 0.700. The van der Waals surface area contributed by atoms with Gasteiger partial charge in [-0.3, -0.25) is 4.79 Å². The zero-order valence-corrected chi connectivity index (χ0v) is 8.94. The number of amides is 1. The van der Waals surface area contributed by atoms with Crippen molar-refractivity contribution in [3.05, 3.63) is 12.7 Å². The van der Waals surface area contributed by atoms with Crippen LogP contribution >= 0.6 is 12.6 Å². The molecule has 2 nitrogen and oxygen atoms in total. The van der Waals surface area contributed by atoms with Crippen molar-refractivity contribution in [2.45, 2.75) is 32.2 Å². The summed E-state index contributed by atoms with van der Waals surface area (Å²) < 4.78 is 0. The second kappa shape index (κ2) is 4.18. The minimum absolute atomic E-state index is 0.0724. The molecule has 0 aliphatic heterocycles. The molecule has 0 bridgehead atoms. The maximum Gasteiger partial charge on any atom is 0.221 e. The van der Waals surface area contributed by atoms with Crippen LogP contribution in [0.4, 0.5) is 0 Å². The SMILES string of the molecule is C=CC(C)NC(=O)CC1(CS)CC1. The molecule has 3 heteroatoms. The number of carbonyl (C=O) groups is 1. The number of hydrogen-bond acceptors (Lipinski definition) is 2. The average Bonchev–Trinajstić information content (AvgIpc) is 2.85. The van der Waals surface area contributed by atoms with E-state index < -0.39 is 0 Å². The topological polar surface area (TPSA) is 29.1 Å². The third-order valence-corrected chi connectivity index (χ3v) is 3.24. The average molecular weight is 199 g/mol. The van der Waals surface area contributed by atoms with Gasteiger partial charge < -0.3 is 5.32 Å². The molecule has 74 valence electrons. The Balaban J connectivity index is 2.29. The van der Waals surface area contributed by atoms with E-state index in [9.17, 15) is 4.79 Å². The van der Waals surface area contributed by atoms with Gasteiger partial charge in [-0.05, 0) is 30.9 Å². The van der Waals surface area contributed by atoms with E-state index >= 15 is 0 Å². The lowest BCUT2D eigenvalue weighted by Gasteiger charge is -2.13. The van der Waals surface area contributed by atoms with E-state index in [1.165, 1.54) is 0 Å². The summed E-state index contributed by atoms with van der Waals surface area (Å²) in [6.45, 7) is 5.54. The standard InChI is InChI=1S/C10H17NOS/c1-3-8(2)11-9(12)6-10(7-13)4-5-10/h3,8,13H,1,4-7H2,2H3,(H,11,12). The first-order chi connectivity index (χ1) is 6.12. The normalized spacial score (nSPS) is 20.5. The summed E-state index contributed by atoms with van der Waals surface area (Å²) in [6.07, 6.45) is 4.64. The molecule has 0 saturated heterocycles. The number of carbonyl (C=O) groups excluding carboxylic acids is 1. The highest BCUT2D eigenvalue weighted by molar-refractivity contribution is 7.80. The first kappa shape index (κ1) is 10.6. The molecule has 1 aliphatic rings. The van der Waals surface area contributed by atoms with Crippen molar-refractivity contribution < 1.29 is 4.79 Å². The van der Waals surface area contributed by atoms with Crippen molar-refractivity contribution in [3.8, 4) is 0 Å². The molecule has 1 unspecified atom stereocenters. The van der Waals surface area contributed by atoms with Crippen LogP contribution in [0.15, 0.2) is 12.7 Å². The van der Waals surface area contributed by atoms with Gasteiger partial charge in [0.15, 0.2) is 0 Å². The molecule has 0 aromatic heterocycles. The quantitative estimate of drug-likeness (QED) is 0.513. The fourth-order valence-corrected chi connectivity index (χ4v) is 1.70. The Morgan fingerprint density at radius 1 is 1.77 bits per heavy atom. The van der Waals surface area contributed by atoms with Crippen molar-refractivity contribution in [1.29, 1.82) is 0 Å². The molecule has 0 aromatic carbocycles. The molecule has 0 spiro atoms. The molecule has 1 saturated carbocycles. The molecule has 0 aromatic rings. The van der Waals surface area contributed by atoms with Gasteiger partial charge in [0.05, 0.1) is 0 Å². The lowest BCUT2D eigenvalue weighted by molar-refractivity contribution is -0.122. The van der Waals surface area contributed by atoms with E-state index in [-0.39, 0.29) is 17.4 Å². The van der Waals surface area contributed by atoms with Crippen LogP contribution in [-0.2, 0) is 4.79 Å². The van der Waals surface area contributed by atoms with Gasteiger partial charge in [-0.1, -0.05) is 6.08 Å². The van der Waals surface area contributed by atoms with E-state index in [1.54, 1.807) is 6.08 Å². The largest absolute Gasteiger partial charge is 0.350 e. The van der Waals surface area contributed by atoms with Gasteiger partial charge >= 0.3 is 0 Å². The number of thiol groups is 1. The first-order valence-electron chi connectivity index (χ1n) is 4.65. The molecular formula is C10H17NOS. The zero-order valence-electron chi connectivity index (χ0n) is 8.05. The minimum atomic E-state index is 0.0724. The van der Waals surface area contributed by atoms with Crippen molar-refractivity contribution in [3.63, 3.8) is 0 Å². The molecule has 13 heavy (non-hydrogen) atoms. The lowest BCUT2D eigenvalue weighted by atomic mass is 10.0. The third-order valence-electron chi connectivity index (χ3n) is 2.57. The van der Waals surface area contributed by atoms with E-state index in [2.05, 4.69) is 24.5 Å². The monoisotopic (exact) mass is 199 g/mol. The summed E-state index contributed by atoms with van der Waals surface area (Å²) in [5.74, 6) is 0.946. The zero-order chi connectivity index (χ0) is 9.90. The molecule has 1 amide bonds. The van der Waals surface area contributed by atoms with E-state index in [0.717, 1.165) is 18.6 Å². The van der Waals surface area contributed by atoms with Crippen LogP contribution in [0.3, 0.4) is 0 Å². The molecule has 0 heterocycles. The van der Waals surface area contributed by atoms with Crippen LogP contribution in [0, 0.1) is 5.41 Å². The maximum absolute atomic E-state index is 11.4. The van der Waals surface area contributed by atoms with E-state index in [1.807, 2.05) is 6.92 Å². The predicted molar refractivity (Wildman–Crippen MR) is 57.9 cm³/mol. The Hall–Kier alpha value is -0.440. The third kappa shape index (κ3) is 3.07. The van der Waals surface area contributed by atoms with Crippen molar-refractivity contribution in [2.24, 2.45) is 5.41 Å². The first-order valence-corrected chi connectivity index (χ1v) is 5.28. The predicted octanol–water partition coefficient (Wildman–Crippen LogP) is 1.78. The van der Waals surface area contributed by atoms with Crippen LogP contribution in [0.1, 0.15) is 26.2 Å². The Morgan fingerprint density at radius 2 is 2.38 bits per heavy atom. The van der Waals surface area contributed by atoms with Crippen molar-refractivity contribution in [1.82, 2.24) is 5.32 Å². The summed E-state index contributed by atoms with van der Waals surface area (Å²) >= 11 is 4.25. The van der Waals surface area contributed by atoms with Crippen molar-refractivity contribution >= 4 is 18.5 Å². The highest BCUT2D eigenvalue weighted by atomic mass is 32.1. The van der Waals surface area contributed by atoms with Crippen molar-refractivity contribution in [2.75, 3.05) is 5.75 Å². The summed E-state index contributed by atoms with van der Waals surface area (Å²) in [5, 5.41) is 2.87. The maximum atomic E-state index is 11.4. The van der Waals surface area contributed by atoms with Gasteiger partial charge in [-0.25, -0.2) is 0 Å². The molecule has 0 radical (unpaired) electrons. The molecule has 1 rings (SSSR count). The molecular weight excluding hydrogens is 182 g/mol. The smallest absolute Gasteiger partial charge is 0.221 e. The molecule has 1 atom stereocenters. The second-order valence-electron chi connectivity index (χ2n) is 3.93. The molecule has 1 N–H and O–H groups in total. The van der Waals surface area contributed by atoms with E-state index in [4.69, 9.17) is 0 Å². The van der Waals surface area contributed by atoms with Gasteiger partial charge in [0.1, 0.15) is 0 Å². The number of hydrogen-bond donors (Lipinski definition) is 2. The van der Waals surface area contributed by atoms with Gasteiger partial charge in [0, 0.05) is 12.5 Å². The number of rotatable bonds is 5. The van der Waals surface area contributed by atoms with Crippen LogP contribution in [0.2, 0.25) is 0 Å². The van der Waals surface area contributed by atoms with Crippen LogP contribution < -0.4 is 5.32 Å². The van der Waals surface area contributed by atoms with Gasteiger partial charge in [0.2, 0.25) is 5.91 Å². The van der Waals surface area contributed by atoms with E-state index in [0.29, 0.717) is 6.42 Å². The number of nitrogens with one attached hydrogen (secondary N) is 1. The lowest BCUT2D eigenvalue weighted by Crippen LogP contribution is -2.32. The molecule has 1 fully saturated rings. The Morgan fingerprint density at radius 3 is 2.77 bits per heavy atom. The Bertz CT molecular complexity index is 211. The molecule has 1 aliphatic carbocycles.